The number of halogens is 1. The predicted molar refractivity (Wildman–Crippen MR) is 84.3 cm³/mol. The van der Waals surface area contributed by atoms with Gasteiger partial charge in [0.05, 0.1) is 4.90 Å². The van der Waals surface area contributed by atoms with Crippen LogP contribution in [0.4, 0.5) is 0 Å². The summed E-state index contributed by atoms with van der Waals surface area (Å²) in [5.74, 6) is 0.760. The van der Waals surface area contributed by atoms with Crippen molar-refractivity contribution in [3.05, 3.63) is 53.1 Å². The molecule has 1 aliphatic rings. The van der Waals surface area contributed by atoms with Gasteiger partial charge in [-0.05, 0) is 43.7 Å². The second-order valence-electron chi connectivity index (χ2n) is 5.36. The molecule has 0 bridgehead atoms. The monoisotopic (exact) mass is 337 g/mol. The van der Waals surface area contributed by atoms with E-state index in [1.165, 1.54) is 16.4 Å². The van der Waals surface area contributed by atoms with Crippen LogP contribution < -0.4 is 0 Å². The molecule has 1 atom stereocenters. The molecule has 2 heterocycles. The van der Waals surface area contributed by atoms with Gasteiger partial charge in [-0.2, -0.15) is 4.31 Å². The van der Waals surface area contributed by atoms with Crippen molar-refractivity contribution in [1.29, 1.82) is 0 Å². The molecule has 1 aliphatic heterocycles. The van der Waals surface area contributed by atoms with Crippen LogP contribution in [0.25, 0.3) is 0 Å². The Kier molecular flexibility index (Phi) is 4.16. The first-order valence-electron chi connectivity index (χ1n) is 7.02. The third kappa shape index (κ3) is 2.99. The molecule has 1 saturated heterocycles. The summed E-state index contributed by atoms with van der Waals surface area (Å²) in [4.78, 5) is 8.94. The van der Waals surface area contributed by atoms with Crippen LogP contribution in [0.3, 0.4) is 0 Å². The number of rotatable bonds is 3. The Balaban J connectivity index is 1.81. The minimum Gasteiger partial charge on any atom is -0.241 e. The van der Waals surface area contributed by atoms with E-state index in [-0.39, 0.29) is 10.8 Å². The first-order valence-corrected chi connectivity index (χ1v) is 8.84. The smallest absolute Gasteiger partial charge is 0.241 e. The predicted octanol–water partition coefficient (Wildman–Crippen LogP) is 2.62. The Morgan fingerprint density at radius 3 is 2.64 bits per heavy atom. The van der Waals surface area contributed by atoms with Crippen molar-refractivity contribution >= 4 is 21.6 Å². The van der Waals surface area contributed by atoms with E-state index in [9.17, 15) is 8.42 Å². The van der Waals surface area contributed by atoms with Crippen LogP contribution in [0, 0.1) is 6.92 Å². The van der Waals surface area contributed by atoms with E-state index in [1.54, 1.807) is 18.3 Å². The molecule has 116 valence electrons. The summed E-state index contributed by atoms with van der Waals surface area (Å²) < 4.78 is 26.8. The largest absolute Gasteiger partial charge is 0.243 e. The first kappa shape index (κ1) is 15.4. The lowest BCUT2D eigenvalue weighted by Gasteiger charge is -2.16. The Labute approximate surface area is 135 Å². The normalized spacial score (nSPS) is 19.5. The average Bonchev–Trinajstić information content (AvgIpc) is 2.98. The molecule has 5 nitrogen and oxygen atoms in total. The highest BCUT2D eigenvalue weighted by Crippen LogP contribution is 2.29. The molecule has 0 unspecified atom stereocenters. The summed E-state index contributed by atoms with van der Waals surface area (Å²) in [6, 6.07) is 8.08. The lowest BCUT2D eigenvalue weighted by atomic mass is 10.1. The van der Waals surface area contributed by atoms with Crippen LogP contribution in [0.15, 0.2) is 41.4 Å². The molecule has 3 rings (SSSR count). The van der Waals surface area contributed by atoms with Crippen molar-refractivity contribution in [3.8, 4) is 0 Å². The fourth-order valence-corrected chi connectivity index (χ4v) is 4.20. The van der Waals surface area contributed by atoms with E-state index in [4.69, 9.17) is 11.6 Å². The first-order chi connectivity index (χ1) is 10.5. The maximum absolute atomic E-state index is 12.6. The summed E-state index contributed by atoms with van der Waals surface area (Å²) in [7, 11) is -3.49. The lowest BCUT2D eigenvalue weighted by Crippen LogP contribution is -2.28. The maximum atomic E-state index is 12.6. The van der Waals surface area contributed by atoms with Gasteiger partial charge in [-0.1, -0.05) is 11.6 Å². The van der Waals surface area contributed by atoms with Gasteiger partial charge in [-0.15, -0.1) is 0 Å². The third-order valence-electron chi connectivity index (χ3n) is 3.78. The summed E-state index contributed by atoms with van der Waals surface area (Å²) >= 11 is 5.81. The summed E-state index contributed by atoms with van der Waals surface area (Å²) in [5.41, 5.74) is 0.893. The number of aromatic nitrogens is 2. The Morgan fingerprint density at radius 1 is 1.23 bits per heavy atom. The van der Waals surface area contributed by atoms with Gasteiger partial charge in [-0.3, -0.25) is 0 Å². The summed E-state index contributed by atoms with van der Waals surface area (Å²) in [5, 5.41) is 0.520. The zero-order chi connectivity index (χ0) is 15.7. The molecule has 1 aromatic carbocycles. The molecule has 0 amide bonds. The highest BCUT2D eigenvalue weighted by atomic mass is 35.5. The van der Waals surface area contributed by atoms with Crippen molar-refractivity contribution in [3.63, 3.8) is 0 Å². The number of hydrogen-bond donors (Lipinski definition) is 0. The molecule has 0 radical (unpaired) electrons. The van der Waals surface area contributed by atoms with Gasteiger partial charge in [0.15, 0.2) is 0 Å². The molecule has 0 saturated carbocycles. The maximum Gasteiger partial charge on any atom is 0.243 e. The Bertz CT molecular complexity index is 778. The molecule has 1 fully saturated rings. The quantitative estimate of drug-likeness (QED) is 0.863. The Morgan fingerprint density at radius 2 is 1.95 bits per heavy atom. The minimum absolute atomic E-state index is 0.0435. The highest BCUT2D eigenvalue weighted by molar-refractivity contribution is 7.89. The van der Waals surface area contributed by atoms with E-state index in [0.717, 1.165) is 12.1 Å². The van der Waals surface area contributed by atoms with Crippen molar-refractivity contribution in [2.45, 2.75) is 24.2 Å². The topological polar surface area (TPSA) is 63.2 Å². The van der Waals surface area contributed by atoms with Crippen molar-refractivity contribution in [2.24, 2.45) is 0 Å². The highest BCUT2D eigenvalue weighted by Gasteiger charge is 2.34. The number of sulfonamides is 1. The molecule has 2 aromatic rings. The number of hydrogen-bond acceptors (Lipinski definition) is 4. The van der Waals surface area contributed by atoms with E-state index < -0.39 is 10.0 Å². The van der Waals surface area contributed by atoms with Gasteiger partial charge in [0, 0.05) is 35.9 Å². The van der Waals surface area contributed by atoms with Gasteiger partial charge >= 0.3 is 0 Å². The molecule has 0 spiro atoms. The van der Waals surface area contributed by atoms with Gasteiger partial charge in [0.25, 0.3) is 0 Å². The molecule has 1 aromatic heterocycles. The van der Waals surface area contributed by atoms with Crippen LogP contribution in [0.5, 0.6) is 0 Å². The molecule has 0 N–H and O–H groups in total. The number of nitrogens with zero attached hydrogens (tertiary/aromatic N) is 3. The summed E-state index contributed by atoms with van der Waals surface area (Å²) in [6.45, 7) is 2.80. The Hall–Kier alpha value is -1.50. The number of aryl methyl sites for hydroxylation is 1. The fourth-order valence-electron chi connectivity index (χ4n) is 2.58. The zero-order valence-corrected chi connectivity index (χ0v) is 13.7. The second-order valence-corrected chi connectivity index (χ2v) is 7.73. The molecule has 7 heteroatoms. The molecular formula is C15H16ClN3O2S. The van der Waals surface area contributed by atoms with E-state index >= 15 is 0 Å². The van der Waals surface area contributed by atoms with Crippen molar-refractivity contribution in [2.75, 3.05) is 13.1 Å². The molecule has 0 aliphatic carbocycles. The van der Waals surface area contributed by atoms with E-state index in [2.05, 4.69) is 9.97 Å². The van der Waals surface area contributed by atoms with Crippen LogP contribution in [-0.4, -0.2) is 35.8 Å². The zero-order valence-electron chi connectivity index (χ0n) is 12.1. The van der Waals surface area contributed by atoms with E-state index in [0.29, 0.717) is 23.9 Å². The average molecular weight is 338 g/mol. The minimum atomic E-state index is -3.49. The van der Waals surface area contributed by atoms with Crippen LogP contribution in [0.2, 0.25) is 5.02 Å². The second kappa shape index (κ2) is 5.95. The summed E-state index contributed by atoms with van der Waals surface area (Å²) in [6.07, 6.45) is 2.45. The van der Waals surface area contributed by atoms with Gasteiger partial charge in [0.2, 0.25) is 10.0 Å². The van der Waals surface area contributed by atoms with Gasteiger partial charge in [0.1, 0.15) is 5.82 Å². The van der Waals surface area contributed by atoms with Crippen LogP contribution in [0.1, 0.15) is 23.9 Å². The third-order valence-corrected chi connectivity index (χ3v) is 5.91. The van der Waals surface area contributed by atoms with E-state index in [1.807, 2.05) is 13.0 Å². The van der Waals surface area contributed by atoms with Gasteiger partial charge in [-0.25, -0.2) is 18.4 Å². The molecule has 22 heavy (non-hydrogen) atoms. The fraction of sp³-hybridized carbons (Fsp3) is 0.333. The van der Waals surface area contributed by atoms with Gasteiger partial charge < -0.3 is 0 Å². The molecular weight excluding hydrogens is 322 g/mol. The number of benzene rings is 1. The van der Waals surface area contributed by atoms with Crippen molar-refractivity contribution in [1.82, 2.24) is 14.3 Å². The standard InChI is InChI=1S/C15H16ClN3O2S/c1-11-6-8-17-15(18-11)12-7-9-19(10-12)22(20,21)14-4-2-13(16)3-5-14/h2-6,8,12H,7,9-10H2,1H3/t12-/m0/s1. The van der Waals surface area contributed by atoms with Crippen molar-refractivity contribution < 1.29 is 8.42 Å². The SMILES string of the molecule is Cc1ccnc([C@H]2CCN(S(=O)(=O)c3ccc(Cl)cc3)C2)n1. The van der Waals surface area contributed by atoms with Crippen LogP contribution in [-0.2, 0) is 10.0 Å². The van der Waals surface area contributed by atoms with Crippen LogP contribution >= 0.6 is 11.6 Å². The lowest BCUT2D eigenvalue weighted by molar-refractivity contribution is 0.471.